The third kappa shape index (κ3) is 6.73. The van der Waals surface area contributed by atoms with Crippen molar-refractivity contribution in [2.75, 3.05) is 13.2 Å². The first-order valence-electron chi connectivity index (χ1n) is 19.0. The summed E-state index contributed by atoms with van der Waals surface area (Å²) >= 11 is 0. The molecule has 12 atom stereocenters. The van der Waals surface area contributed by atoms with Crippen LogP contribution in [-0.4, -0.2) is 159 Å². The molecule has 0 spiro atoms. The van der Waals surface area contributed by atoms with Crippen LogP contribution < -0.4 is 9.47 Å². The Bertz CT molecular complexity index is 2330. The highest BCUT2D eigenvalue weighted by Crippen LogP contribution is 2.56. The van der Waals surface area contributed by atoms with Crippen LogP contribution in [0.4, 0.5) is 0 Å². The number of fused-ring (bicyclic) bond motifs is 4. The molecule has 2 fully saturated rings. The molecule has 0 aromatic heterocycles. The van der Waals surface area contributed by atoms with E-state index in [4.69, 9.17) is 18.9 Å². The number of aliphatic hydroxyl groups is 8. The van der Waals surface area contributed by atoms with E-state index >= 15 is 0 Å². The second kappa shape index (κ2) is 16.0. The highest BCUT2D eigenvalue weighted by Gasteiger charge is 2.50. The molecule has 0 saturated carbocycles. The first-order chi connectivity index (χ1) is 29.5. The van der Waals surface area contributed by atoms with Crippen LogP contribution in [0.3, 0.4) is 0 Å². The Morgan fingerprint density at radius 3 is 1.23 bits per heavy atom. The topological polar surface area (TPSA) is 348 Å². The van der Waals surface area contributed by atoms with Gasteiger partial charge in [-0.3, -0.25) is 9.59 Å². The molecular formula is C42H38O20. The number of carbonyl (C=O) groups excluding carboxylic acids is 2. The number of benzene rings is 4. The Kier molecular flexibility index (Phi) is 11.0. The highest BCUT2D eigenvalue weighted by molar-refractivity contribution is 6.18. The van der Waals surface area contributed by atoms with Crippen molar-refractivity contribution < 1.29 is 99.4 Å². The fraction of sp³-hybridized carbons (Fsp3) is 0.333. The summed E-state index contributed by atoms with van der Waals surface area (Å²) in [5, 5.41) is 126. The summed E-state index contributed by atoms with van der Waals surface area (Å²) in [4.78, 5) is 54.2. The van der Waals surface area contributed by atoms with Crippen molar-refractivity contribution in [1.82, 2.24) is 0 Å². The second-order valence-corrected chi connectivity index (χ2v) is 15.2. The number of aromatic hydroxyl groups is 2. The zero-order valence-electron chi connectivity index (χ0n) is 31.7. The van der Waals surface area contributed by atoms with Gasteiger partial charge in [0.25, 0.3) is 0 Å². The summed E-state index contributed by atoms with van der Waals surface area (Å²) in [5.41, 5.74) is -2.87. The van der Waals surface area contributed by atoms with Crippen LogP contribution in [0.1, 0.15) is 86.6 Å². The molecule has 0 amide bonds. The van der Waals surface area contributed by atoms with Crippen molar-refractivity contribution in [2.24, 2.45) is 0 Å². The van der Waals surface area contributed by atoms with E-state index in [1.54, 1.807) is 0 Å². The van der Waals surface area contributed by atoms with E-state index < -0.39 is 144 Å². The minimum atomic E-state index is -1.94. The van der Waals surface area contributed by atoms with E-state index in [1.807, 2.05) is 0 Å². The molecule has 4 aromatic carbocycles. The summed E-state index contributed by atoms with van der Waals surface area (Å²) in [6.45, 7) is -1.64. The van der Waals surface area contributed by atoms with Crippen molar-refractivity contribution in [3.8, 4) is 23.0 Å². The first-order valence-corrected chi connectivity index (χ1v) is 19.0. The zero-order chi connectivity index (χ0) is 44.6. The number of rotatable bonds is 9. The number of hydrogen-bond acceptors (Lipinski definition) is 18. The second-order valence-electron chi connectivity index (χ2n) is 15.2. The lowest BCUT2D eigenvalue weighted by Crippen LogP contribution is -2.60. The smallest absolute Gasteiger partial charge is 0.335 e. The lowest BCUT2D eigenvalue weighted by atomic mass is 9.63. The van der Waals surface area contributed by atoms with Crippen molar-refractivity contribution in [3.63, 3.8) is 0 Å². The Labute approximate surface area is 348 Å². The molecule has 4 aliphatic rings. The number of ketones is 2. The van der Waals surface area contributed by atoms with Crippen LogP contribution in [0.25, 0.3) is 0 Å². The Balaban J connectivity index is 1.38. The SMILES string of the molecule is O=C(O)c1cc(O)c2c(c1)C([C@H]1c3cc(C(=O)O)cc(O)c3C(=O)c3c(O[C@@H]4O[C@H](CO)[C@@H](O)[C@H](O)[C@H]4O)cccc31)c1cccc(O[C@@H]3O[C@H](CO)[C@@H](O)[C@H](O)[C@H]3O)c1C2=O. The maximum absolute atomic E-state index is 14.7. The molecule has 4 aromatic rings. The zero-order valence-corrected chi connectivity index (χ0v) is 31.7. The minimum absolute atomic E-state index is 0.00301. The van der Waals surface area contributed by atoms with Gasteiger partial charge in [0.15, 0.2) is 0 Å². The lowest BCUT2D eigenvalue weighted by molar-refractivity contribution is -0.277. The molecule has 20 heteroatoms. The third-order valence-corrected chi connectivity index (χ3v) is 11.7. The molecule has 2 heterocycles. The number of aromatic carboxylic acids is 2. The minimum Gasteiger partial charge on any atom is -0.507 e. The molecule has 2 aliphatic carbocycles. The number of carbonyl (C=O) groups is 4. The normalized spacial score (nSPS) is 30.1. The summed E-state index contributed by atoms with van der Waals surface area (Å²) in [6.07, 6.45) is -17.7. The van der Waals surface area contributed by atoms with Crippen LogP contribution in [0.2, 0.25) is 0 Å². The van der Waals surface area contributed by atoms with Crippen LogP contribution in [0.15, 0.2) is 60.7 Å². The van der Waals surface area contributed by atoms with E-state index in [-0.39, 0.29) is 44.9 Å². The van der Waals surface area contributed by atoms with Gasteiger partial charge >= 0.3 is 11.9 Å². The Morgan fingerprint density at radius 1 is 0.516 bits per heavy atom. The molecule has 2 saturated heterocycles. The van der Waals surface area contributed by atoms with Gasteiger partial charge in [0.2, 0.25) is 24.1 Å². The maximum Gasteiger partial charge on any atom is 0.335 e. The Morgan fingerprint density at radius 2 is 0.887 bits per heavy atom. The molecule has 20 nitrogen and oxygen atoms in total. The fourth-order valence-electron chi connectivity index (χ4n) is 8.71. The van der Waals surface area contributed by atoms with Gasteiger partial charge in [-0.15, -0.1) is 0 Å². The van der Waals surface area contributed by atoms with E-state index in [0.717, 1.165) is 24.3 Å². The average molecular weight is 863 g/mol. The quantitative estimate of drug-likeness (QED) is 0.0950. The molecule has 8 rings (SSSR count). The maximum atomic E-state index is 14.7. The van der Waals surface area contributed by atoms with E-state index in [2.05, 4.69) is 0 Å². The number of aliphatic hydroxyl groups excluding tert-OH is 8. The summed E-state index contributed by atoms with van der Waals surface area (Å²) in [7, 11) is 0. The lowest BCUT2D eigenvalue weighted by Gasteiger charge is -2.41. The number of carboxylic acids is 2. The monoisotopic (exact) mass is 862 g/mol. The first kappa shape index (κ1) is 42.6. The number of phenols is 2. The van der Waals surface area contributed by atoms with Crippen molar-refractivity contribution in [3.05, 3.63) is 116 Å². The van der Waals surface area contributed by atoms with Crippen molar-refractivity contribution in [1.29, 1.82) is 0 Å². The van der Waals surface area contributed by atoms with Gasteiger partial charge in [0.05, 0.1) is 46.6 Å². The third-order valence-electron chi connectivity index (χ3n) is 11.7. The van der Waals surface area contributed by atoms with Gasteiger partial charge in [-0.25, -0.2) is 9.59 Å². The predicted octanol–water partition coefficient (Wildman–Crippen LogP) is -1.10. The van der Waals surface area contributed by atoms with Gasteiger partial charge in [-0.1, -0.05) is 24.3 Å². The Hall–Kier alpha value is -6.04. The number of phenolic OH excluding ortho intramolecular Hbond substituents is 2. The highest BCUT2D eigenvalue weighted by atomic mass is 16.7. The molecule has 12 N–H and O–H groups in total. The van der Waals surface area contributed by atoms with Crippen LogP contribution >= 0.6 is 0 Å². The molecule has 326 valence electrons. The van der Waals surface area contributed by atoms with E-state index in [0.29, 0.717) is 0 Å². The number of carboxylic acid groups (broad SMARTS) is 2. The number of ether oxygens (including phenoxy) is 4. The van der Waals surface area contributed by atoms with E-state index in [1.165, 1.54) is 36.4 Å². The van der Waals surface area contributed by atoms with Gasteiger partial charge in [0, 0.05) is 11.8 Å². The summed E-state index contributed by atoms with van der Waals surface area (Å²) in [6, 6.07) is 11.9. The standard InChI is InChI=1S/C42H38O20/c43-11-23-31(47)35(51)37(53)41(61-23)59-21-5-1-3-15-25(17-7-13(39(55)56)9-19(45)27(17)33(49)29(15)21)26-16-4-2-6-22(60-42-38(54)36(52)32(48)24(12-44)62-42)30(16)34(50)28-18(26)8-14(40(57)58)10-20(28)46/h1-10,23-26,31-32,35-38,41-48,51-54H,11-12H2,(H,55,56)(H,57,58)/t23-,24-,25-,26?,31-,32-,35+,36+,37-,38-,41-,42-/m1/s1. The molecule has 1 unspecified atom stereocenters. The van der Waals surface area contributed by atoms with E-state index in [9.17, 15) is 80.5 Å². The van der Waals surface area contributed by atoms with Gasteiger partial charge < -0.3 is 80.2 Å². The predicted molar refractivity (Wildman–Crippen MR) is 202 cm³/mol. The molecular weight excluding hydrogens is 824 g/mol. The summed E-state index contributed by atoms with van der Waals surface area (Å²) < 4.78 is 23.0. The number of hydrogen-bond donors (Lipinski definition) is 12. The molecule has 0 radical (unpaired) electrons. The average Bonchev–Trinajstić information content (AvgIpc) is 3.24. The largest absolute Gasteiger partial charge is 0.507 e. The van der Waals surface area contributed by atoms with Gasteiger partial charge in [-0.2, -0.15) is 0 Å². The van der Waals surface area contributed by atoms with Gasteiger partial charge in [0.1, 0.15) is 71.8 Å². The fourth-order valence-corrected chi connectivity index (χ4v) is 8.71. The molecule has 62 heavy (non-hydrogen) atoms. The van der Waals surface area contributed by atoms with Crippen molar-refractivity contribution in [2.45, 2.75) is 73.2 Å². The van der Waals surface area contributed by atoms with Crippen molar-refractivity contribution >= 4 is 23.5 Å². The van der Waals surface area contributed by atoms with Gasteiger partial charge in [-0.05, 0) is 58.7 Å². The van der Waals surface area contributed by atoms with Crippen LogP contribution in [0, 0.1) is 0 Å². The molecule has 2 aliphatic heterocycles. The molecule has 0 bridgehead atoms. The van der Waals surface area contributed by atoms with Crippen LogP contribution in [0.5, 0.6) is 23.0 Å². The summed E-state index contributed by atoms with van der Waals surface area (Å²) in [5.74, 6) is -10.1. The van der Waals surface area contributed by atoms with Crippen LogP contribution in [-0.2, 0) is 9.47 Å².